The number of halogens is 2. The number of amides is 1. The number of hydrogen-bond acceptors (Lipinski definition) is 5. The third-order valence-corrected chi connectivity index (χ3v) is 3.33. The molecule has 25 heavy (non-hydrogen) atoms. The number of para-hydroxylation sites is 2. The zero-order valence-corrected chi connectivity index (χ0v) is 15.7. The predicted octanol–water partition coefficient (Wildman–Crippen LogP) is 3.15. The summed E-state index contributed by atoms with van der Waals surface area (Å²) in [5.74, 6) is 1.02. The van der Waals surface area contributed by atoms with Gasteiger partial charge in [0.05, 0.1) is 18.4 Å². The van der Waals surface area contributed by atoms with Crippen molar-refractivity contribution in [2.24, 2.45) is 5.73 Å². The van der Waals surface area contributed by atoms with Crippen LogP contribution in [0.2, 0.25) is 0 Å². The van der Waals surface area contributed by atoms with Crippen LogP contribution in [0.25, 0.3) is 0 Å². The molecule has 1 aromatic heterocycles. The summed E-state index contributed by atoms with van der Waals surface area (Å²) in [6, 6.07) is 11.0. The van der Waals surface area contributed by atoms with Crippen LogP contribution >= 0.6 is 24.8 Å². The Morgan fingerprint density at radius 2 is 1.92 bits per heavy atom. The van der Waals surface area contributed by atoms with Crippen LogP contribution in [0.3, 0.4) is 0 Å². The van der Waals surface area contributed by atoms with Crippen molar-refractivity contribution in [2.45, 2.75) is 12.8 Å². The third kappa shape index (κ3) is 6.78. The number of benzene rings is 1. The molecular formula is C17H24Cl2N4O2. The van der Waals surface area contributed by atoms with Gasteiger partial charge in [-0.1, -0.05) is 12.1 Å². The van der Waals surface area contributed by atoms with Gasteiger partial charge in [0.1, 0.15) is 11.6 Å². The van der Waals surface area contributed by atoms with Gasteiger partial charge in [-0.3, -0.25) is 4.79 Å². The second kappa shape index (κ2) is 12.4. The van der Waals surface area contributed by atoms with E-state index in [9.17, 15) is 4.79 Å². The van der Waals surface area contributed by atoms with E-state index in [0.29, 0.717) is 30.2 Å². The van der Waals surface area contributed by atoms with Crippen LogP contribution in [0.5, 0.6) is 5.75 Å². The van der Waals surface area contributed by atoms with Crippen LogP contribution in [-0.4, -0.2) is 31.1 Å². The molecule has 8 heteroatoms. The first kappa shape index (κ1) is 23.0. The maximum atomic E-state index is 12.3. The van der Waals surface area contributed by atoms with Gasteiger partial charge in [0.15, 0.2) is 0 Å². The number of nitrogens with one attached hydrogen (secondary N) is 2. The van der Waals surface area contributed by atoms with Gasteiger partial charge in [0, 0.05) is 12.7 Å². The van der Waals surface area contributed by atoms with Crippen molar-refractivity contribution in [3.63, 3.8) is 0 Å². The highest BCUT2D eigenvalue weighted by atomic mass is 35.5. The Morgan fingerprint density at radius 3 is 2.64 bits per heavy atom. The summed E-state index contributed by atoms with van der Waals surface area (Å²) in [5.41, 5.74) is 6.70. The smallest absolute Gasteiger partial charge is 0.255 e. The molecule has 138 valence electrons. The molecule has 6 nitrogen and oxygen atoms in total. The summed E-state index contributed by atoms with van der Waals surface area (Å²) in [4.78, 5) is 16.6. The van der Waals surface area contributed by atoms with E-state index in [4.69, 9.17) is 10.5 Å². The molecule has 0 fully saturated rings. The fraction of sp³-hybridized carbons (Fsp3) is 0.294. The predicted molar refractivity (Wildman–Crippen MR) is 106 cm³/mol. The Labute approximate surface area is 160 Å². The quantitative estimate of drug-likeness (QED) is 0.606. The lowest BCUT2D eigenvalue weighted by atomic mass is 10.2. The van der Waals surface area contributed by atoms with Crippen molar-refractivity contribution in [3.05, 3.63) is 48.2 Å². The first-order valence-electron chi connectivity index (χ1n) is 7.59. The second-order valence-corrected chi connectivity index (χ2v) is 4.98. The monoisotopic (exact) mass is 386 g/mol. The third-order valence-electron chi connectivity index (χ3n) is 3.33. The van der Waals surface area contributed by atoms with Gasteiger partial charge in [0.25, 0.3) is 5.91 Å². The Bertz CT molecular complexity index is 656. The molecule has 0 saturated carbocycles. The molecule has 0 aliphatic carbocycles. The number of methoxy groups -OCH3 is 1. The van der Waals surface area contributed by atoms with Gasteiger partial charge < -0.3 is 21.1 Å². The van der Waals surface area contributed by atoms with E-state index in [2.05, 4.69) is 15.6 Å². The van der Waals surface area contributed by atoms with Gasteiger partial charge in [-0.2, -0.15) is 0 Å². The maximum absolute atomic E-state index is 12.3. The van der Waals surface area contributed by atoms with Crippen molar-refractivity contribution in [2.75, 3.05) is 25.5 Å². The van der Waals surface area contributed by atoms with E-state index < -0.39 is 0 Å². The van der Waals surface area contributed by atoms with E-state index in [1.54, 1.807) is 25.4 Å². The first-order chi connectivity index (χ1) is 11.3. The largest absolute Gasteiger partial charge is 0.495 e. The maximum Gasteiger partial charge on any atom is 0.255 e. The fourth-order valence-corrected chi connectivity index (χ4v) is 2.13. The normalized spacial score (nSPS) is 9.36. The van der Waals surface area contributed by atoms with E-state index in [1.807, 2.05) is 24.3 Å². The van der Waals surface area contributed by atoms with E-state index in [-0.39, 0.29) is 30.7 Å². The fourth-order valence-electron chi connectivity index (χ4n) is 2.13. The molecule has 0 saturated heterocycles. The SMILES string of the molecule is COc1ccccc1Nc1ncccc1C(=O)NCCCCN.Cl.Cl. The molecule has 0 bridgehead atoms. The minimum atomic E-state index is -0.160. The second-order valence-electron chi connectivity index (χ2n) is 4.98. The number of anilines is 2. The first-order valence-corrected chi connectivity index (χ1v) is 7.59. The van der Waals surface area contributed by atoms with E-state index >= 15 is 0 Å². The van der Waals surface area contributed by atoms with Crippen LogP contribution in [0, 0.1) is 0 Å². The van der Waals surface area contributed by atoms with Crippen LogP contribution in [0.4, 0.5) is 11.5 Å². The Hall–Kier alpha value is -2.02. The van der Waals surface area contributed by atoms with E-state index in [1.165, 1.54) is 0 Å². The molecule has 2 rings (SSSR count). The highest BCUT2D eigenvalue weighted by Crippen LogP contribution is 2.27. The van der Waals surface area contributed by atoms with E-state index in [0.717, 1.165) is 18.5 Å². The summed E-state index contributed by atoms with van der Waals surface area (Å²) in [7, 11) is 1.60. The Balaban J connectivity index is 0.00000288. The molecule has 0 atom stereocenters. The number of hydrogen-bond donors (Lipinski definition) is 3. The average Bonchev–Trinajstić information content (AvgIpc) is 2.59. The van der Waals surface area contributed by atoms with Gasteiger partial charge in [-0.05, 0) is 43.7 Å². The zero-order valence-electron chi connectivity index (χ0n) is 14.0. The molecule has 0 spiro atoms. The number of pyridine rings is 1. The summed E-state index contributed by atoms with van der Waals surface area (Å²) < 4.78 is 5.31. The van der Waals surface area contributed by atoms with Crippen LogP contribution in [0.1, 0.15) is 23.2 Å². The summed E-state index contributed by atoms with van der Waals surface area (Å²) in [5, 5.41) is 6.04. The highest BCUT2D eigenvalue weighted by Gasteiger charge is 2.13. The number of ether oxygens (including phenoxy) is 1. The number of nitrogens with zero attached hydrogens (tertiary/aromatic N) is 1. The van der Waals surface area contributed by atoms with Crippen molar-refractivity contribution in [1.82, 2.24) is 10.3 Å². The van der Waals surface area contributed by atoms with Gasteiger partial charge in [0.2, 0.25) is 0 Å². The van der Waals surface area contributed by atoms with Gasteiger partial charge >= 0.3 is 0 Å². The number of rotatable bonds is 8. The molecule has 0 unspecified atom stereocenters. The van der Waals surface area contributed by atoms with Crippen molar-refractivity contribution < 1.29 is 9.53 Å². The highest BCUT2D eigenvalue weighted by molar-refractivity contribution is 5.99. The lowest BCUT2D eigenvalue weighted by Gasteiger charge is -2.13. The Morgan fingerprint density at radius 1 is 1.16 bits per heavy atom. The average molecular weight is 387 g/mol. The minimum absolute atomic E-state index is 0. The number of carbonyl (C=O) groups excluding carboxylic acids is 1. The molecule has 1 amide bonds. The number of unbranched alkanes of at least 4 members (excludes halogenated alkanes) is 1. The molecule has 1 aromatic carbocycles. The summed E-state index contributed by atoms with van der Waals surface area (Å²) >= 11 is 0. The number of aromatic nitrogens is 1. The molecule has 2 aromatic rings. The van der Waals surface area contributed by atoms with Crippen molar-refractivity contribution >= 4 is 42.2 Å². The molecule has 0 radical (unpaired) electrons. The standard InChI is InChI=1S/C17H22N4O2.2ClH/c1-23-15-9-3-2-8-14(15)21-16-13(7-6-12-19-16)17(22)20-11-5-4-10-18;;/h2-3,6-9,12H,4-5,10-11,18H2,1H3,(H,19,21)(H,20,22);2*1H. The van der Waals surface area contributed by atoms with Gasteiger partial charge in [-0.15, -0.1) is 24.8 Å². The Kier molecular flexibility index (Phi) is 11.4. The lowest BCUT2D eigenvalue weighted by molar-refractivity contribution is 0.0953. The number of carbonyl (C=O) groups is 1. The topological polar surface area (TPSA) is 89.3 Å². The van der Waals surface area contributed by atoms with Gasteiger partial charge in [-0.25, -0.2) is 4.98 Å². The minimum Gasteiger partial charge on any atom is -0.495 e. The molecule has 4 N–H and O–H groups in total. The van der Waals surface area contributed by atoms with Crippen LogP contribution < -0.4 is 21.1 Å². The van der Waals surface area contributed by atoms with Crippen LogP contribution in [0.15, 0.2) is 42.6 Å². The summed E-state index contributed by atoms with van der Waals surface area (Å²) in [6.07, 6.45) is 3.39. The van der Waals surface area contributed by atoms with Crippen molar-refractivity contribution in [1.29, 1.82) is 0 Å². The lowest BCUT2D eigenvalue weighted by Crippen LogP contribution is -2.25. The zero-order chi connectivity index (χ0) is 16.5. The molecule has 0 aliphatic heterocycles. The van der Waals surface area contributed by atoms with Crippen molar-refractivity contribution in [3.8, 4) is 5.75 Å². The molecular weight excluding hydrogens is 363 g/mol. The summed E-state index contributed by atoms with van der Waals surface area (Å²) in [6.45, 7) is 1.22. The number of nitrogens with two attached hydrogens (primary N) is 1. The molecule has 1 heterocycles. The van der Waals surface area contributed by atoms with Crippen LogP contribution in [-0.2, 0) is 0 Å². The molecule has 0 aliphatic rings.